The molecule has 0 unspecified atom stereocenters. The third kappa shape index (κ3) is 1.97. The zero-order valence-electron chi connectivity index (χ0n) is 5.63. The van der Waals surface area contributed by atoms with E-state index >= 15 is 0 Å². The third-order valence-electron chi connectivity index (χ3n) is 1.13. The first-order chi connectivity index (χ1) is 5.65. The van der Waals surface area contributed by atoms with Crippen LogP contribution >= 0.6 is 31.9 Å². The molecule has 0 bridgehead atoms. The summed E-state index contributed by atoms with van der Waals surface area (Å²) in [6.07, 6.45) is 0. The van der Waals surface area contributed by atoms with E-state index < -0.39 is 5.82 Å². The first kappa shape index (κ1) is 9.51. The molecule has 0 saturated heterocycles. The Labute approximate surface area is 84.5 Å². The van der Waals surface area contributed by atoms with Crippen LogP contribution in [0, 0.1) is 5.82 Å². The van der Waals surface area contributed by atoms with Crippen LogP contribution in [0.1, 0.15) is 0 Å². The van der Waals surface area contributed by atoms with Crippen LogP contribution in [0.3, 0.4) is 0 Å². The highest BCUT2D eigenvalue weighted by atomic mass is 79.9. The Bertz CT molecular complexity index is 337. The Kier molecular flexibility index (Phi) is 3.08. The minimum absolute atomic E-state index is 0.346. The van der Waals surface area contributed by atoms with E-state index in [1.54, 1.807) is 0 Å². The molecular weight excluding hydrogens is 293 g/mol. The molecule has 1 aromatic rings. The van der Waals surface area contributed by atoms with E-state index in [2.05, 4.69) is 41.9 Å². The van der Waals surface area contributed by atoms with Gasteiger partial charge in [-0.3, -0.25) is 0 Å². The first-order valence-electron chi connectivity index (χ1n) is 2.85. The fourth-order valence-electron chi connectivity index (χ4n) is 0.675. The molecule has 0 amide bonds. The summed E-state index contributed by atoms with van der Waals surface area (Å²) in [5, 5.41) is 3.37. The van der Waals surface area contributed by atoms with E-state index in [1.165, 1.54) is 12.1 Å². The highest BCUT2D eigenvalue weighted by Crippen LogP contribution is 2.34. The average molecular weight is 295 g/mol. The van der Waals surface area contributed by atoms with Gasteiger partial charge in [-0.2, -0.15) is 0 Å². The molecule has 1 aromatic carbocycles. The number of benzene rings is 1. The molecule has 0 atom stereocenters. The predicted molar refractivity (Wildman–Crippen MR) is 50.6 cm³/mol. The number of hydrogen-bond donors (Lipinski definition) is 0. The standard InChI is InChI=1S/C6H2Br2FN3/c7-4-1-3(9)2-5(8)6(4)11-12-10/h1-2H. The van der Waals surface area contributed by atoms with E-state index in [9.17, 15) is 4.39 Å². The lowest BCUT2D eigenvalue weighted by molar-refractivity contribution is 0.626. The Balaban J connectivity index is 3.37. The molecule has 3 nitrogen and oxygen atoms in total. The number of azide groups is 1. The van der Waals surface area contributed by atoms with Gasteiger partial charge in [-0.25, -0.2) is 4.39 Å². The monoisotopic (exact) mass is 293 g/mol. The molecule has 0 fully saturated rings. The first-order valence-corrected chi connectivity index (χ1v) is 4.43. The maximum absolute atomic E-state index is 12.7. The maximum atomic E-state index is 12.7. The summed E-state index contributed by atoms with van der Waals surface area (Å²) in [6, 6.07) is 2.46. The molecule has 6 heteroatoms. The van der Waals surface area contributed by atoms with Crippen molar-refractivity contribution in [2.75, 3.05) is 0 Å². The second-order valence-electron chi connectivity index (χ2n) is 1.91. The van der Waals surface area contributed by atoms with Gasteiger partial charge in [-0.1, -0.05) is 37.0 Å². The Hall–Kier alpha value is -0.580. The van der Waals surface area contributed by atoms with E-state index in [4.69, 9.17) is 5.53 Å². The predicted octanol–water partition coefficient (Wildman–Crippen LogP) is 4.29. The quantitative estimate of drug-likeness (QED) is 0.421. The molecule has 0 aliphatic rings. The lowest BCUT2D eigenvalue weighted by Gasteiger charge is -1.99. The molecule has 0 aromatic heterocycles. The van der Waals surface area contributed by atoms with Gasteiger partial charge in [0.05, 0.1) is 5.69 Å². The van der Waals surface area contributed by atoms with Crippen molar-refractivity contribution in [3.8, 4) is 0 Å². The largest absolute Gasteiger partial charge is 0.207 e. The second kappa shape index (κ2) is 3.89. The summed E-state index contributed by atoms with van der Waals surface area (Å²) in [7, 11) is 0. The van der Waals surface area contributed by atoms with Crippen molar-refractivity contribution in [2.45, 2.75) is 0 Å². The van der Waals surface area contributed by atoms with Crippen molar-refractivity contribution < 1.29 is 4.39 Å². The van der Waals surface area contributed by atoms with Gasteiger partial charge in [0.15, 0.2) is 0 Å². The van der Waals surface area contributed by atoms with Gasteiger partial charge in [0.2, 0.25) is 0 Å². The van der Waals surface area contributed by atoms with E-state index in [-0.39, 0.29) is 0 Å². The van der Waals surface area contributed by atoms with Crippen molar-refractivity contribution in [1.29, 1.82) is 0 Å². The Morgan fingerprint density at radius 1 is 1.33 bits per heavy atom. The molecule has 0 spiro atoms. The number of halogens is 3. The van der Waals surface area contributed by atoms with Gasteiger partial charge < -0.3 is 0 Å². The molecule has 0 aliphatic carbocycles. The fourth-order valence-corrected chi connectivity index (χ4v) is 1.96. The fraction of sp³-hybridized carbons (Fsp3) is 0. The SMILES string of the molecule is [N-]=[N+]=Nc1c(Br)cc(F)cc1Br. The molecule has 0 saturated carbocycles. The lowest BCUT2D eigenvalue weighted by Crippen LogP contribution is -1.76. The summed E-state index contributed by atoms with van der Waals surface area (Å²) in [6.45, 7) is 0. The topological polar surface area (TPSA) is 48.8 Å². The Morgan fingerprint density at radius 3 is 2.25 bits per heavy atom. The molecule has 1 rings (SSSR count). The lowest BCUT2D eigenvalue weighted by atomic mass is 10.3. The van der Waals surface area contributed by atoms with E-state index in [0.29, 0.717) is 14.6 Å². The summed E-state index contributed by atoms with van der Waals surface area (Å²) in [5.74, 6) is -0.398. The van der Waals surface area contributed by atoms with E-state index in [1.807, 2.05) is 0 Å². The van der Waals surface area contributed by atoms with Crippen LogP contribution in [0.5, 0.6) is 0 Å². The van der Waals surface area contributed by atoms with Gasteiger partial charge in [-0.15, -0.1) is 0 Å². The molecular formula is C6H2Br2FN3. The third-order valence-corrected chi connectivity index (χ3v) is 2.34. The maximum Gasteiger partial charge on any atom is 0.125 e. The van der Waals surface area contributed by atoms with Crippen LogP contribution in [0.15, 0.2) is 26.2 Å². The van der Waals surface area contributed by atoms with Crippen molar-refractivity contribution in [3.05, 3.63) is 37.3 Å². The van der Waals surface area contributed by atoms with Gasteiger partial charge in [0.25, 0.3) is 0 Å². The van der Waals surface area contributed by atoms with Crippen LogP contribution in [-0.2, 0) is 0 Å². The highest BCUT2D eigenvalue weighted by Gasteiger charge is 2.04. The number of rotatable bonds is 1. The van der Waals surface area contributed by atoms with Crippen LogP contribution < -0.4 is 0 Å². The van der Waals surface area contributed by atoms with Gasteiger partial charge >= 0.3 is 0 Å². The Morgan fingerprint density at radius 2 is 1.83 bits per heavy atom. The molecule has 0 heterocycles. The molecule has 0 radical (unpaired) electrons. The van der Waals surface area contributed by atoms with Crippen LogP contribution in [0.4, 0.5) is 10.1 Å². The number of hydrogen-bond acceptors (Lipinski definition) is 1. The van der Waals surface area contributed by atoms with Gasteiger partial charge in [0.1, 0.15) is 5.82 Å². The molecule has 62 valence electrons. The second-order valence-corrected chi connectivity index (χ2v) is 3.62. The minimum Gasteiger partial charge on any atom is -0.207 e. The van der Waals surface area contributed by atoms with E-state index in [0.717, 1.165) is 0 Å². The van der Waals surface area contributed by atoms with Crippen LogP contribution in [-0.4, -0.2) is 0 Å². The normalized spacial score (nSPS) is 9.25. The molecule has 0 aliphatic heterocycles. The smallest absolute Gasteiger partial charge is 0.125 e. The minimum atomic E-state index is -0.398. The van der Waals surface area contributed by atoms with Gasteiger partial charge in [-0.05, 0) is 17.7 Å². The number of nitrogens with zero attached hydrogens (tertiary/aromatic N) is 3. The zero-order chi connectivity index (χ0) is 9.14. The average Bonchev–Trinajstić information content (AvgIpc) is 1.96. The summed E-state index contributed by atoms with van der Waals surface area (Å²) < 4.78 is 13.5. The van der Waals surface area contributed by atoms with Crippen molar-refractivity contribution in [2.24, 2.45) is 5.11 Å². The summed E-state index contributed by atoms with van der Waals surface area (Å²) in [5.41, 5.74) is 8.51. The van der Waals surface area contributed by atoms with Crippen molar-refractivity contribution in [1.82, 2.24) is 0 Å². The molecule has 12 heavy (non-hydrogen) atoms. The summed E-state index contributed by atoms with van der Waals surface area (Å²) in [4.78, 5) is 2.60. The zero-order valence-corrected chi connectivity index (χ0v) is 8.80. The molecule has 0 N–H and O–H groups in total. The van der Waals surface area contributed by atoms with Crippen molar-refractivity contribution in [3.63, 3.8) is 0 Å². The highest BCUT2D eigenvalue weighted by molar-refractivity contribution is 9.11. The summed E-state index contributed by atoms with van der Waals surface area (Å²) >= 11 is 6.13. The van der Waals surface area contributed by atoms with Crippen LogP contribution in [0.2, 0.25) is 0 Å². The van der Waals surface area contributed by atoms with Crippen molar-refractivity contribution >= 4 is 37.5 Å². The van der Waals surface area contributed by atoms with Crippen LogP contribution in [0.25, 0.3) is 10.4 Å². The van der Waals surface area contributed by atoms with Gasteiger partial charge in [0, 0.05) is 13.9 Å².